The Balaban J connectivity index is 2.00. The van der Waals surface area contributed by atoms with Gasteiger partial charge in [0, 0.05) is 24.9 Å². The minimum Gasteiger partial charge on any atom is -0.493 e. The molecule has 0 aliphatic heterocycles. The van der Waals surface area contributed by atoms with Gasteiger partial charge in [0.05, 0.1) is 17.7 Å². The summed E-state index contributed by atoms with van der Waals surface area (Å²) >= 11 is 0. The molecule has 0 atom stereocenters. The number of ether oxygens (including phenoxy) is 1. The maximum absolute atomic E-state index is 6.01. The largest absolute Gasteiger partial charge is 0.493 e. The Morgan fingerprint density at radius 2 is 1.95 bits per heavy atom. The lowest BCUT2D eigenvalue weighted by molar-refractivity contribution is 0.292. The molecule has 0 saturated heterocycles. The monoisotopic (exact) mass is 295 g/mol. The molecule has 114 valence electrons. The molecule has 3 aromatic rings. The lowest BCUT2D eigenvalue weighted by Gasteiger charge is -2.10. The topological polar surface area (TPSA) is 39.9 Å². The van der Waals surface area contributed by atoms with Gasteiger partial charge in [0.2, 0.25) is 0 Å². The van der Waals surface area contributed by atoms with Gasteiger partial charge in [-0.15, -0.1) is 0 Å². The van der Waals surface area contributed by atoms with Crippen molar-refractivity contribution in [1.29, 1.82) is 0 Å². The van der Waals surface area contributed by atoms with Crippen LogP contribution in [0.3, 0.4) is 0 Å². The first-order chi connectivity index (χ1) is 10.6. The predicted molar refractivity (Wildman–Crippen MR) is 88.9 cm³/mol. The van der Waals surface area contributed by atoms with E-state index in [1.807, 2.05) is 37.5 Å². The van der Waals surface area contributed by atoms with E-state index in [0.717, 1.165) is 34.5 Å². The second-order valence-corrected chi connectivity index (χ2v) is 5.94. The number of aromatic nitrogens is 3. The second kappa shape index (κ2) is 6.18. The van der Waals surface area contributed by atoms with E-state index >= 15 is 0 Å². The summed E-state index contributed by atoms with van der Waals surface area (Å²) in [6.45, 7) is 5.11. The minimum absolute atomic E-state index is 0.625. The molecule has 2 aromatic heterocycles. The molecule has 3 rings (SSSR count). The molecular weight excluding hydrogens is 274 g/mol. The van der Waals surface area contributed by atoms with E-state index in [4.69, 9.17) is 4.74 Å². The van der Waals surface area contributed by atoms with E-state index in [0.29, 0.717) is 12.5 Å². The fourth-order valence-corrected chi connectivity index (χ4v) is 2.36. The minimum atomic E-state index is 0.625. The molecule has 0 fully saturated rings. The average molecular weight is 295 g/mol. The number of aryl methyl sites for hydroxylation is 1. The van der Waals surface area contributed by atoms with Crippen LogP contribution in [-0.2, 0) is 7.05 Å². The van der Waals surface area contributed by atoms with E-state index in [2.05, 4.69) is 36.1 Å². The van der Waals surface area contributed by atoms with Gasteiger partial charge in [0.1, 0.15) is 5.75 Å². The van der Waals surface area contributed by atoms with E-state index in [9.17, 15) is 0 Å². The van der Waals surface area contributed by atoms with E-state index in [-0.39, 0.29) is 0 Å². The fraction of sp³-hybridized carbons (Fsp3) is 0.333. The molecule has 2 heterocycles. The molecule has 0 aliphatic rings. The van der Waals surface area contributed by atoms with Crippen molar-refractivity contribution in [3.05, 3.63) is 42.6 Å². The third kappa shape index (κ3) is 3.11. The van der Waals surface area contributed by atoms with Crippen LogP contribution in [-0.4, -0.2) is 21.4 Å². The molecule has 0 aliphatic carbocycles. The number of benzene rings is 1. The van der Waals surface area contributed by atoms with Gasteiger partial charge in [-0.3, -0.25) is 4.68 Å². The van der Waals surface area contributed by atoms with Crippen LogP contribution in [0.1, 0.15) is 20.3 Å². The predicted octanol–water partition coefficient (Wildman–Crippen LogP) is 4.06. The van der Waals surface area contributed by atoms with Crippen molar-refractivity contribution in [2.45, 2.75) is 20.3 Å². The molecule has 4 nitrogen and oxygen atoms in total. The van der Waals surface area contributed by atoms with Gasteiger partial charge in [-0.2, -0.15) is 5.10 Å². The van der Waals surface area contributed by atoms with Gasteiger partial charge in [-0.25, -0.2) is 4.98 Å². The Kier molecular flexibility index (Phi) is 4.09. The molecule has 0 saturated carbocycles. The van der Waals surface area contributed by atoms with Crippen molar-refractivity contribution >= 4 is 11.0 Å². The van der Waals surface area contributed by atoms with E-state index < -0.39 is 0 Å². The summed E-state index contributed by atoms with van der Waals surface area (Å²) in [4.78, 5) is 4.66. The van der Waals surface area contributed by atoms with Crippen LogP contribution >= 0.6 is 0 Å². The number of pyridine rings is 1. The highest BCUT2D eigenvalue weighted by molar-refractivity contribution is 5.84. The third-order valence-electron chi connectivity index (χ3n) is 3.59. The normalized spacial score (nSPS) is 11.3. The van der Waals surface area contributed by atoms with Crippen molar-refractivity contribution in [2.24, 2.45) is 13.0 Å². The van der Waals surface area contributed by atoms with Crippen molar-refractivity contribution in [3.8, 4) is 17.0 Å². The Labute approximate surface area is 130 Å². The van der Waals surface area contributed by atoms with Gasteiger partial charge in [-0.1, -0.05) is 44.2 Å². The summed E-state index contributed by atoms with van der Waals surface area (Å²) in [7, 11) is 1.90. The zero-order valence-electron chi connectivity index (χ0n) is 13.3. The summed E-state index contributed by atoms with van der Waals surface area (Å²) in [5.74, 6) is 1.48. The van der Waals surface area contributed by atoms with Gasteiger partial charge < -0.3 is 4.74 Å². The molecule has 0 bridgehead atoms. The van der Waals surface area contributed by atoms with E-state index in [1.54, 1.807) is 4.68 Å². The Morgan fingerprint density at radius 3 is 2.68 bits per heavy atom. The Morgan fingerprint density at radius 1 is 1.18 bits per heavy atom. The van der Waals surface area contributed by atoms with Crippen LogP contribution in [0.25, 0.3) is 22.3 Å². The quantitative estimate of drug-likeness (QED) is 0.712. The van der Waals surface area contributed by atoms with Crippen LogP contribution in [0.2, 0.25) is 0 Å². The lowest BCUT2D eigenvalue weighted by atomic mass is 10.1. The summed E-state index contributed by atoms with van der Waals surface area (Å²) in [5.41, 5.74) is 2.69. The smallest absolute Gasteiger partial charge is 0.185 e. The standard InChI is InChI=1S/C18H21N3O/c1-13(2)9-10-22-17-11-16(14-7-5-4-6-8-14)19-18-15(17)12-21(3)20-18/h4-8,11-13H,9-10H2,1-3H3. The van der Waals surface area contributed by atoms with Crippen molar-refractivity contribution in [2.75, 3.05) is 6.61 Å². The summed E-state index contributed by atoms with van der Waals surface area (Å²) < 4.78 is 7.79. The van der Waals surface area contributed by atoms with Crippen LogP contribution < -0.4 is 4.74 Å². The number of rotatable bonds is 5. The van der Waals surface area contributed by atoms with Gasteiger partial charge in [0.25, 0.3) is 0 Å². The molecular formula is C18H21N3O. The molecule has 0 spiro atoms. The van der Waals surface area contributed by atoms with Crippen molar-refractivity contribution < 1.29 is 4.74 Å². The highest BCUT2D eigenvalue weighted by Crippen LogP contribution is 2.29. The first-order valence-electron chi connectivity index (χ1n) is 7.66. The van der Waals surface area contributed by atoms with Gasteiger partial charge in [0.15, 0.2) is 5.65 Å². The molecule has 22 heavy (non-hydrogen) atoms. The third-order valence-corrected chi connectivity index (χ3v) is 3.59. The Hall–Kier alpha value is -2.36. The molecule has 4 heteroatoms. The summed E-state index contributed by atoms with van der Waals surface area (Å²) in [5, 5.41) is 5.39. The number of hydrogen-bond donors (Lipinski definition) is 0. The van der Waals surface area contributed by atoms with Gasteiger partial charge in [-0.05, 0) is 12.3 Å². The fourth-order valence-electron chi connectivity index (χ4n) is 2.36. The van der Waals surface area contributed by atoms with Crippen LogP contribution in [0.4, 0.5) is 0 Å². The van der Waals surface area contributed by atoms with Crippen molar-refractivity contribution in [1.82, 2.24) is 14.8 Å². The van der Waals surface area contributed by atoms with Gasteiger partial charge >= 0.3 is 0 Å². The first-order valence-corrected chi connectivity index (χ1v) is 7.66. The molecule has 0 radical (unpaired) electrons. The summed E-state index contributed by atoms with van der Waals surface area (Å²) in [6.07, 6.45) is 2.99. The first kappa shape index (κ1) is 14.6. The lowest BCUT2D eigenvalue weighted by Crippen LogP contribution is -2.02. The van der Waals surface area contributed by atoms with E-state index in [1.165, 1.54) is 0 Å². The number of hydrogen-bond acceptors (Lipinski definition) is 3. The number of nitrogens with zero attached hydrogens (tertiary/aromatic N) is 3. The average Bonchev–Trinajstić information content (AvgIpc) is 2.88. The molecule has 0 N–H and O–H groups in total. The van der Waals surface area contributed by atoms with Crippen molar-refractivity contribution in [3.63, 3.8) is 0 Å². The van der Waals surface area contributed by atoms with Crippen LogP contribution in [0.15, 0.2) is 42.6 Å². The second-order valence-electron chi connectivity index (χ2n) is 5.94. The molecule has 1 aromatic carbocycles. The number of fused-ring (bicyclic) bond motifs is 1. The molecule has 0 unspecified atom stereocenters. The maximum Gasteiger partial charge on any atom is 0.185 e. The van der Waals surface area contributed by atoms with Crippen LogP contribution in [0.5, 0.6) is 5.75 Å². The molecule has 0 amide bonds. The highest BCUT2D eigenvalue weighted by atomic mass is 16.5. The highest BCUT2D eigenvalue weighted by Gasteiger charge is 2.12. The van der Waals surface area contributed by atoms with Crippen LogP contribution in [0, 0.1) is 5.92 Å². The Bertz CT molecular complexity index is 763. The zero-order valence-corrected chi connectivity index (χ0v) is 13.3. The SMILES string of the molecule is CC(C)CCOc1cc(-c2ccccc2)nc2nn(C)cc12. The maximum atomic E-state index is 6.01. The summed E-state index contributed by atoms with van der Waals surface area (Å²) in [6, 6.07) is 12.1. The zero-order chi connectivity index (χ0) is 15.5.